The van der Waals surface area contributed by atoms with Crippen LogP contribution in [0.25, 0.3) is 0 Å². The Balaban J connectivity index is 2.55. The Kier molecular flexibility index (Phi) is 2.58. The van der Waals surface area contributed by atoms with Gasteiger partial charge < -0.3 is 5.11 Å². The maximum atomic E-state index is 9.58. The number of aliphatic hydroxyl groups is 1. The van der Waals surface area contributed by atoms with Crippen molar-refractivity contribution in [2.24, 2.45) is 11.3 Å². The molecule has 1 unspecified atom stereocenters. The molecule has 0 amide bonds. The molecule has 0 radical (unpaired) electrons. The molecule has 0 aromatic heterocycles. The SMILES string of the molecule is CCC(CC)C1(C(C)O)CC1. The van der Waals surface area contributed by atoms with Crippen LogP contribution >= 0.6 is 0 Å². The lowest BCUT2D eigenvalue weighted by molar-refractivity contribution is 0.0653. The summed E-state index contributed by atoms with van der Waals surface area (Å²) in [7, 11) is 0. The quantitative estimate of drug-likeness (QED) is 0.663. The lowest BCUT2D eigenvalue weighted by Crippen LogP contribution is -2.26. The van der Waals surface area contributed by atoms with Crippen LogP contribution in [-0.4, -0.2) is 11.2 Å². The molecule has 1 aliphatic carbocycles. The molecular weight excluding hydrogens is 136 g/mol. The van der Waals surface area contributed by atoms with Crippen LogP contribution in [0.15, 0.2) is 0 Å². The highest BCUT2D eigenvalue weighted by Gasteiger charge is 2.51. The van der Waals surface area contributed by atoms with Gasteiger partial charge in [0.15, 0.2) is 0 Å². The number of aliphatic hydroxyl groups excluding tert-OH is 1. The van der Waals surface area contributed by atoms with E-state index >= 15 is 0 Å². The van der Waals surface area contributed by atoms with Gasteiger partial charge in [0.25, 0.3) is 0 Å². The molecule has 66 valence electrons. The summed E-state index contributed by atoms with van der Waals surface area (Å²) >= 11 is 0. The first-order valence-electron chi connectivity index (χ1n) is 4.85. The Labute approximate surface area is 69.8 Å². The Morgan fingerprint density at radius 2 is 1.73 bits per heavy atom. The van der Waals surface area contributed by atoms with Crippen LogP contribution in [-0.2, 0) is 0 Å². The second kappa shape index (κ2) is 3.14. The van der Waals surface area contributed by atoms with Crippen molar-refractivity contribution in [2.45, 2.75) is 52.6 Å². The van der Waals surface area contributed by atoms with Crippen LogP contribution in [0.4, 0.5) is 0 Å². The van der Waals surface area contributed by atoms with Gasteiger partial charge in [-0.1, -0.05) is 26.7 Å². The summed E-state index contributed by atoms with van der Waals surface area (Å²) < 4.78 is 0. The predicted octanol–water partition coefficient (Wildman–Crippen LogP) is 2.58. The van der Waals surface area contributed by atoms with Gasteiger partial charge in [0.1, 0.15) is 0 Å². The zero-order valence-electron chi connectivity index (χ0n) is 7.93. The maximum absolute atomic E-state index is 9.58. The van der Waals surface area contributed by atoms with E-state index in [1.54, 1.807) is 0 Å². The molecular formula is C10H20O. The molecule has 1 atom stereocenters. The maximum Gasteiger partial charge on any atom is 0.0570 e. The third-order valence-electron chi connectivity index (χ3n) is 3.46. The number of hydrogen-bond acceptors (Lipinski definition) is 1. The van der Waals surface area contributed by atoms with E-state index in [0.717, 1.165) is 5.92 Å². The Morgan fingerprint density at radius 3 is 1.82 bits per heavy atom. The van der Waals surface area contributed by atoms with Crippen molar-refractivity contribution in [3.63, 3.8) is 0 Å². The minimum atomic E-state index is -0.0904. The fourth-order valence-electron chi connectivity index (χ4n) is 2.41. The van der Waals surface area contributed by atoms with Gasteiger partial charge in [-0.25, -0.2) is 0 Å². The lowest BCUT2D eigenvalue weighted by atomic mass is 9.81. The summed E-state index contributed by atoms with van der Waals surface area (Å²) in [5.74, 6) is 0.752. The van der Waals surface area contributed by atoms with Crippen molar-refractivity contribution in [2.75, 3.05) is 0 Å². The Morgan fingerprint density at radius 1 is 1.27 bits per heavy atom. The van der Waals surface area contributed by atoms with Gasteiger partial charge in [0, 0.05) is 0 Å². The van der Waals surface area contributed by atoms with Crippen molar-refractivity contribution >= 4 is 0 Å². The standard InChI is InChI=1S/C10H20O/c1-4-9(5-2)10(6-7-10)8(3)11/h8-9,11H,4-7H2,1-3H3. The fraction of sp³-hybridized carbons (Fsp3) is 1.00. The molecule has 1 heteroatoms. The van der Waals surface area contributed by atoms with Gasteiger partial charge in [-0.3, -0.25) is 0 Å². The molecule has 0 aromatic carbocycles. The van der Waals surface area contributed by atoms with Crippen LogP contribution < -0.4 is 0 Å². The van der Waals surface area contributed by atoms with E-state index in [9.17, 15) is 5.11 Å². The van der Waals surface area contributed by atoms with Crippen molar-refractivity contribution < 1.29 is 5.11 Å². The monoisotopic (exact) mass is 156 g/mol. The van der Waals surface area contributed by atoms with E-state index in [1.807, 2.05) is 6.92 Å². The molecule has 0 aromatic rings. The van der Waals surface area contributed by atoms with Crippen LogP contribution in [0.3, 0.4) is 0 Å². The Bertz CT molecular complexity index is 121. The first kappa shape index (κ1) is 9.05. The van der Waals surface area contributed by atoms with Gasteiger partial charge in [-0.05, 0) is 31.1 Å². The minimum absolute atomic E-state index is 0.0904. The van der Waals surface area contributed by atoms with E-state index in [4.69, 9.17) is 0 Å². The molecule has 0 bridgehead atoms. The predicted molar refractivity (Wildman–Crippen MR) is 47.4 cm³/mol. The van der Waals surface area contributed by atoms with Crippen LogP contribution in [0.2, 0.25) is 0 Å². The third-order valence-corrected chi connectivity index (χ3v) is 3.46. The van der Waals surface area contributed by atoms with Crippen LogP contribution in [0, 0.1) is 11.3 Å². The van der Waals surface area contributed by atoms with Crippen molar-refractivity contribution in [1.29, 1.82) is 0 Å². The molecule has 0 spiro atoms. The fourth-order valence-corrected chi connectivity index (χ4v) is 2.41. The smallest absolute Gasteiger partial charge is 0.0570 e. The lowest BCUT2D eigenvalue weighted by Gasteiger charge is -2.27. The van der Waals surface area contributed by atoms with Gasteiger partial charge in [-0.15, -0.1) is 0 Å². The summed E-state index contributed by atoms with van der Waals surface area (Å²) in [5.41, 5.74) is 0.323. The van der Waals surface area contributed by atoms with E-state index in [0.29, 0.717) is 5.41 Å². The summed E-state index contributed by atoms with van der Waals surface area (Å²) in [6, 6.07) is 0. The molecule has 1 aliphatic rings. The van der Waals surface area contributed by atoms with Crippen LogP contribution in [0.1, 0.15) is 46.5 Å². The molecule has 1 saturated carbocycles. The zero-order valence-corrected chi connectivity index (χ0v) is 7.93. The molecule has 0 saturated heterocycles. The Hall–Kier alpha value is -0.0400. The first-order chi connectivity index (χ1) is 5.17. The summed E-state index contributed by atoms with van der Waals surface area (Å²) in [4.78, 5) is 0. The highest BCUT2D eigenvalue weighted by molar-refractivity contribution is 5.01. The van der Waals surface area contributed by atoms with E-state index in [-0.39, 0.29) is 6.10 Å². The zero-order chi connectivity index (χ0) is 8.48. The van der Waals surface area contributed by atoms with E-state index < -0.39 is 0 Å². The highest BCUT2D eigenvalue weighted by Crippen LogP contribution is 2.56. The second-order valence-corrected chi connectivity index (χ2v) is 3.92. The largest absolute Gasteiger partial charge is 0.393 e. The molecule has 1 rings (SSSR count). The molecule has 0 heterocycles. The van der Waals surface area contributed by atoms with Crippen molar-refractivity contribution in [3.8, 4) is 0 Å². The summed E-state index contributed by atoms with van der Waals surface area (Å²) in [6.45, 7) is 6.42. The first-order valence-corrected chi connectivity index (χ1v) is 4.85. The van der Waals surface area contributed by atoms with Crippen molar-refractivity contribution in [1.82, 2.24) is 0 Å². The van der Waals surface area contributed by atoms with Gasteiger partial charge in [-0.2, -0.15) is 0 Å². The minimum Gasteiger partial charge on any atom is -0.393 e. The van der Waals surface area contributed by atoms with Gasteiger partial charge >= 0.3 is 0 Å². The van der Waals surface area contributed by atoms with Gasteiger partial charge in [0.05, 0.1) is 6.10 Å². The average Bonchev–Trinajstić information content (AvgIpc) is 2.71. The molecule has 1 fully saturated rings. The molecule has 1 N–H and O–H groups in total. The van der Waals surface area contributed by atoms with E-state index in [2.05, 4.69) is 13.8 Å². The van der Waals surface area contributed by atoms with Gasteiger partial charge in [0.2, 0.25) is 0 Å². The summed E-state index contributed by atoms with van der Waals surface area (Å²) in [6.07, 6.45) is 4.85. The summed E-state index contributed by atoms with van der Waals surface area (Å²) in [5, 5.41) is 9.58. The number of hydrogen-bond donors (Lipinski definition) is 1. The van der Waals surface area contributed by atoms with Crippen molar-refractivity contribution in [3.05, 3.63) is 0 Å². The number of rotatable bonds is 4. The second-order valence-electron chi connectivity index (χ2n) is 3.92. The average molecular weight is 156 g/mol. The molecule has 0 aliphatic heterocycles. The van der Waals surface area contributed by atoms with E-state index in [1.165, 1.54) is 25.7 Å². The third kappa shape index (κ3) is 1.44. The molecule has 1 nitrogen and oxygen atoms in total. The molecule has 11 heavy (non-hydrogen) atoms. The van der Waals surface area contributed by atoms with Crippen LogP contribution in [0.5, 0.6) is 0 Å². The highest BCUT2D eigenvalue weighted by atomic mass is 16.3. The topological polar surface area (TPSA) is 20.2 Å². The normalized spacial score (nSPS) is 23.7.